The number of halogens is 1. The number of aryl methyl sites for hydroxylation is 1. The number of fused-ring (bicyclic) bond motifs is 1. The van der Waals surface area contributed by atoms with Gasteiger partial charge in [0.15, 0.2) is 5.82 Å². The molecule has 0 saturated carbocycles. The van der Waals surface area contributed by atoms with E-state index in [4.69, 9.17) is 9.26 Å². The first-order valence-corrected chi connectivity index (χ1v) is 10.7. The maximum absolute atomic E-state index is 13.4. The van der Waals surface area contributed by atoms with E-state index in [0.29, 0.717) is 41.6 Å². The summed E-state index contributed by atoms with van der Waals surface area (Å²) in [6, 6.07) is 5.52. The van der Waals surface area contributed by atoms with E-state index in [9.17, 15) is 12.8 Å². The number of thiophene rings is 1. The van der Waals surface area contributed by atoms with Crippen LogP contribution in [0.5, 0.6) is 0 Å². The Morgan fingerprint density at radius 1 is 1.37 bits per heavy atom. The summed E-state index contributed by atoms with van der Waals surface area (Å²) in [5.74, 6) is -0.0824. The molecule has 0 amide bonds. The molecule has 1 aliphatic heterocycles. The molecule has 1 aromatic carbocycles. The molecule has 0 atom stereocenters. The maximum Gasteiger partial charge on any atom is 0.261 e. The van der Waals surface area contributed by atoms with E-state index in [2.05, 4.69) is 14.9 Å². The van der Waals surface area contributed by atoms with E-state index in [1.54, 1.807) is 13.0 Å². The van der Waals surface area contributed by atoms with Crippen molar-refractivity contribution < 1.29 is 22.1 Å². The van der Waals surface area contributed by atoms with E-state index in [0.717, 1.165) is 10.4 Å². The lowest BCUT2D eigenvalue weighted by Gasteiger charge is -2.12. The van der Waals surface area contributed by atoms with E-state index in [-0.39, 0.29) is 11.6 Å². The Balaban J connectivity index is 1.70. The minimum Gasteiger partial charge on any atom is -0.376 e. The number of nitrogens with one attached hydrogen (secondary N) is 1. The van der Waals surface area contributed by atoms with Gasteiger partial charge in [0.25, 0.3) is 5.89 Å². The Hall–Kier alpha value is -2.30. The average Bonchev–Trinajstić information content (AvgIpc) is 3.16. The molecule has 0 unspecified atom stereocenters. The summed E-state index contributed by atoms with van der Waals surface area (Å²) in [5.41, 5.74) is 1.92. The highest BCUT2D eigenvalue weighted by molar-refractivity contribution is 7.92. The fourth-order valence-corrected chi connectivity index (χ4v) is 5.60. The minimum atomic E-state index is -3.76. The predicted octanol–water partition coefficient (Wildman–Crippen LogP) is 3.26. The van der Waals surface area contributed by atoms with Crippen LogP contribution in [0.1, 0.15) is 21.8 Å². The van der Waals surface area contributed by atoms with Crippen LogP contribution in [0.25, 0.3) is 11.5 Å². The zero-order chi connectivity index (χ0) is 19.0. The molecule has 1 aliphatic rings. The first kappa shape index (κ1) is 18.1. The molecule has 27 heavy (non-hydrogen) atoms. The number of rotatable bonds is 5. The molecule has 0 radical (unpaired) electrons. The molecule has 3 heterocycles. The first-order valence-electron chi connectivity index (χ1n) is 8.19. The van der Waals surface area contributed by atoms with Gasteiger partial charge in [0.2, 0.25) is 10.0 Å². The number of hydrogen-bond donors (Lipinski definition) is 1. The zero-order valence-electron chi connectivity index (χ0n) is 14.4. The molecule has 0 bridgehead atoms. The number of nitrogens with zero attached hydrogens (tertiary/aromatic N) is 2. The van der Waals surface area contributed by atoms with Crippen LogP contribution in [0, 0.1) is 12.7 Å². The van der Waals surface area contributed by atoms with Crippen molar-refractivity contribution in [2.75, 3.05) is 11.3 Å². The largest absolute Gasteiger partial charge is 0.376 e. The molecular weight excluding hydrogens is 393 g/mol. The number of anilines is 1. The molecule has 4 rings (SSSR count). The Morgan fingerprint density at radius 2 is 2.22 bits per heavy atom. The number of sulfonamides is 1. The van der Waals surface area contributed by atoms with Crippen LogP contribution in [0.3, 0.4) is 0 Å². The molecule has 10 heteroatoms. The summed E-state index contributed by atoms with van der Waals surface area (Å²) in [7, 11) is -3.76. The SMILES string of the molecule is Cc1noc(-c2c(NS(=O)(=O)Cc3cccc(F)c3)sc3c2CCOC3)n1. The highest BCUT2D eigenvalue weighted by atomic mass is 32.2. The topological polar surface area (TPSA) is 94.3 Å². The van der Waals surface area contributed by atoms with Crippen LogP contribution in [0.2, 0.25) is 0 Å². The van der Waals surface area contributed by atoms with Crippen molar-refractivity contribution in [3.63, 3.8) is 0 Å². The van der Waals surface area contributed by atoms with Crippen molar-refractivity contribution in [3.8, 4) is 11.5 Å². The molecule has 0 spiro atoms. The van der Waals surface area contributed by atoms with Gasteiger partial charge in [0.05, 0.1) is 24.5 Å². The second-order valence-corrected chi connectivity index (χ2v) is 8.98. The zero-order valence-corrected chi connectivity index (χ0v) is 16.0. The molecule has 142 valence electrons. The van der Waals surface area contributed by atoms with Crippen molar-refractivity contribution >= 4 is 26.4 Å². The van der Waals surface area contributed by atoms with Gasteiger partial charge in [-0.2, -0.15) is 4.98 Å². The molecule has 7 nitrogen and oxygen atoms in total. The average molecular weight is 409 g/mol. The second kappa shape index (κ2) is 7.02. The van der Waals surface area contributed by atoms with Crippen molar-refractivity contribution in [1.29, 1.82) is 0 Å². The number of benzene rings is 1. The maximum atomic E-state index is 13.4. The fraction of sp³-hybridized carbons (Fsp3) is 0.294. The van der Waals surface area contributed by atoms with E-state index in [1.165, 1.54) is 29.5 Å². The quantitative estimate of drug-likeness (QED) is 0.695. The summed E-state index contributed by atoms with van der Waals surface area (Å²) in [4.78, 5) is 5.18. The Kier molecular flexibility index (Phi) is 4.70. The predicted molar refractivity (Wildman–Crippen MR) is 98.4 cm³/mol. The summed E-state index contributed by atoms with van der Waals surface area (Å²) in [6.07, 6.45) is 0.633. The van der Waals surface area contributed by atoms with Crippen LogP contribution in [-0.4, -0.2) is 25.2 Å². The number of hydrogen-bond acceptors (Lipinski definition) is 7. The van der Waals surface area contributed by atoms with Gasteiger partial charge >= 0.3 is 0 Å². The van der Waals surface area contributed by atoms with Crippen LogP contribution >= 0.6 is 11.3 Å². The van der Waals surface area contributed by atoms with Gasteiger partial charge in [-0.05, 0) is 36.6 Å². The highest BCUT2D eigenvalue weighted by Crippen LogP contribution is 2.43. The Bertz CT molecular complexity index is 1090. The number of aromatic nitrogens is 2. The van der Waals surface area contributed by atoms with E-state index in [1.807, 2.05) is 0 Å². The second-order valence-electron chi connectivity index (χ2n) is 6.15. The highest BCUT2D eigenvalue weighted by Gasteiger charge is 2.28. The van der Waals surface area contributed by atoms with Crippen LogP contribution in [0.4, 0.5) is 9.39 Å². The third kappa shape index (κ3) is 3.87. The molecule has 1 N–H and O–H groups in total. The molecule has 0 saturated heterocycles. The van der Waals surface area contributed by atoms with Gasteiger partial charge in [-0.3, -0.25) is 4.72 Å². The lowest BCUT2D eigenvalue weighted by atomic mass is 10.1. The smallest absolute Gasteiger partial charge is 0.261 e. The monoisotopic (exact) mass is 409 g/mol. The molecule has 0 fully saturated rings. The van der Waals surface area contributed by atoms with E-state index >= 15 is 0 Å². The van der Waals surface area contributed by atoms with Crippen LogP contribution in [0.15, 0.2) is 28.8 Å². The van der Waals surface area contributed by atoms with Gasteiger partial charge < -0.3 is 9.26 Å². The van der Waals surface area contributed by atoms with Gasteiger partial charge in [-0.25, -0.2) is 12.8 Å². The standard InChI is InChI=1S/C17H16FN3O4S2/c1-10-19-16(25-20-10)15-13-5-6-24-8-14(13)26-17(15)21-27(22,23)9-11-3-2-4-12(18)7-11/h2-4,7,21H,5-6,8-9H2,1H3. The van der Waals surface area contributed by atoms with Crippen LogP contribution < -0.4 is 4.72 Å². The lowest BCUT2D eigenvalue weighted by molar-refractivity contribution is 0.113. The summed E-state index contributed by atoms with van der Waals surface area (Å²) in [5, 5.41) is 4.21. The van der Waals surface area contributed by atoms with Gasteiger partial charge in [0.1, 0.15) is 10.8 Å². The van der Waals surface area contributed by atoms with E-state index < -0.39 is 15.8 Å². The lowest BCUT2D eigenvalue weighted by Crippen LogP contribution is -2.15. The molecule has 3 aromatic rings. The Labute approximate surface area is 159 Å². The Morgan fingerprint density at radius 3 is 2.96 bits per heavy atom. The summed E-state index contributed by atoms with van der Waals surface area (Å²) in [6.45, 7) is 2.65. The molecule has 0 aliphatic carbocycles. The fourth-order valence-electron chi connectivity index (χ4n) is 2.95. The third-order valence-corrected chi connectivity index (χ3v) is 6.53. The van der Waals surface area contributed by atoms with Gasteiger partial charge in [-0.1, -0.05) is 17.3 Å². The third-order valence-electron chi connectivity index (χ3n) is 4.06. The van der Waals surface area contributed by atoms with Gasteiger partial charge in [0, 0.05) is 4.88 Å². The molecular formula is C17H16FN3O4S2. The summed E-state index contributed by atoms with van der Waals surface area (Å²) < 4.78 is 52.0. The summed E-state index contributed by atoms with van der Waals surface area (Å²) >= 11 is 1.29. The van der Waals surface area contributed by atoms with Crippen molar-refractivity contribution in [3.05, 3.63) is 51.9 Å². The normalized spacial score (nSPS) is 14.1. The molecule has 2 aromatic heterocycles. The van der Waals surface area contributed by atoms with Crippen molar-refractivity contribution in [1.82, 2.24) is 10.1 Å². The first-order chi connectivity index (χ1) is 12.9. The van der Waals surface area contributed by atoms with Crippen LogP contribution in [-0.2, 0) is 33.5 Å². The van der Waals surface area contributed by atoms with Crippen molar-refractivity contribution in [2.24, 2.45) is 0 Å². The van der Waals surface area contributed by atoms with Crippen molar-refractivity contribution in [2.45, 2.75) is 25.7 Å². The minimum absolute atomic E-state index is 0.273. The van der Waals surface area contributed by atoms with Gasteiger partial charge in [-0.15, -0.1) is 11.3 Å². The number of ether oxygens (including phenoxy) is 1.